The maximum atomic E-state index is 12.3. The lowest BCUT2D eigenvalue weighted by Crippen LogP contribution is -2.34. The van der Waals surface area contributed by atoms with Crippen molar-refractivity contribution in [2.24, 2.45) is 11.8 Å². The second-order valence-corrected chi connectivity index (χ2v) is 5.90. The molecular weight excluding hydrogens is 346 g/mol. The number of carboxylic acids is 1. The van der Waals surface area contributed by atoms with Gasteiger partial charge in [-0.25, -0.2) is 0 Å². The lowest BCUT2D eigenvalue weighted by atomic mass is 9.82. The maximum absolute atomic E-state index is 12.3. The van der Waals surface area contributed by atoms with E-state index in [9.17, 15) is 14.7 Å². The Balaban J connectivity index is 2.14. The standard InChI is InChI=1S/C14H13BrClNO3/c15-11-7-8(16)5-6-12(11)17-13(18)9-3-1-2-4-10(9)14(19)20/h1-2,5-7,9-10H,3-4H2,(H,17,18)(H,19,20)/t9-,10+/m1/s1. The minimum Gasteiger partial charge on any atom is -0.481 e. The van der Waals surface area contributed by atoms with Gasteiger partial charge in [0.1, 0.15) is 0 Å². The van der Waals surface area contributed by atoms with Gasteiger partial charge in [0.2, 0.25) is 5.91 Å². The molecule has 2 rings (SSSR count). The SMILES string of the molecule is O=C(O)[C@H]1CC=CC[C@H]1C(=O)Nc1ccc(Cl)cc1Br. The van der Waals surface area contributed by atoms with Crippen LogP contribution in [0.1, 0.15) is 12.8 Å². The number of allylic oxidation sites excluding steroid dienone is 2. The number of halogens is 2. The second kappa shape index (κ2) is 6.41. The summed E-state index contributed by atoms with van der Waals surface area (Å²) in [6.45, 7) is 0. The van der Waals surface area contributed by atoms with Gasteiger partial charge in [-0.2, -0.15) is 0 Å². The summed E-state index contributed by atoms with van der Waals surface area (Å²) in [5.74, 6) is -2.46. The van der Waals surface area contributed by atoms with E-state index >= 15 is 0 Å². The van der Waals surface area contributed by atoms with E-state index in [1.54, 1.807) is 24.3 Å². The normalized spacial score (nSPS) is 21.5. The van der Waals surface area contributed by atoms with Gasteiger partial charge >= 0.3 is 5.97 Å². The number of hydrogen-bond acceptors (Lipinski definition) is 2. The summed E-state index contributed by atoms with van der Waals surface area (Å²) >= 11 is 9.15. The summed E-state index contributed by atoms with van der Waals surface area (Å²) in [7, 11) is 0. The van der Waals surface area contributed by atoms with Crippen LogP contribution in [-0.4, -0.2) is 17.0 Å². The highest BCUT2D eigenvalue weighted by Gasteiger charge is 2.34. The number of hydrogen-bond donors (Lipinski definition) is 2. The number of carbonyl (C=O) groups excluding carboxylic acids is 1. The van der Waals surface area contributed by atoms with E-state index in [1.807, 2.05) is 6.08 Å². The molecule has 2 atom stereocenters. The Morgan fingerprint density at radius 3 is 2.50 bits per heavy atom. The third kappa shape index (κ3) is 3.41. The molecule has 6 heteroatoms. The van der Waals surface area contributed by atoms with E-state index in [2.05, 4.69) is 21.2 Å². The molecule has 1 amide bonds. The lowest BCUT2D eigenvalue weighted by Gasteiger charge is -2.24. The van der Waals surface area contributed by atoms with E-state index in [0.717, 1.165) is 0 Å². The summed E-state index contributed by atoms with van der Waals surface area (Å²) in [6, 6.07) is 5.02. The number of benzene rings is 1. The molecule has 1 aliphatic rings. The molecule has 0 heterocycles. The van der Waals surface area contributed by atoms with Crippen LogP contribution in [0, 0.1) is 11.8 Å². The van der Waals surface area contributed by atoms with E-state index in [0.29, 0.717) is 28.0 Å². The van der Waals surface area contributed by atoms with Crippen LogP contribution >= 0.6 is 27.5 Å². The van der Waals surface area contributed by atoms with Crippen LogP contribution in [-0.2, 0) is 9.59 Å². The van der Waals surface area contributed by atoms with E-state index < -0.39 is 17.8 Å². The van der Waals surface area contributed by atoms with Crippen LogP contribution in [0.25, 0.3) is 0 Å². The highest BCUT2D eigenvalue weighted by atomic mass is 79.9. The van der Waals surface area contributed by atoms with Crippen molar-refractivity contribution < 1.29 is 14.7 Å². The third-order valence-electron chi connectivity index (χ3n) is 3.28. The van der Waals surface area contributed by atoms with Gasteiger partial charge in [0.15, 0.2) is 0 Å². The zero-order chi connectivity index (χ0) is 14.7. The molecule has 20 heavy (non-hydrogen) atoms. The predicted molar refractivity (Wildman–Crippen MR) is 80.8 cm³/mol. The molecule has 1 aliphatic carbocycles. The van der Waals surface area contributed by atoms with Gasteiger partial charge in [-0.05, 0) is 47.0 Å². The molecule has 1 aromatic rings. The molecule has 1 aromatic carbocycles. The number of anilines is 1. The van der Waals surface area contributed by atoms with Gasteiger partial charge in [-0.3, -0.25) is 9.59 Å². The first-order valence-corrected chi connectivity index (χ1v) is 7.30. The Morgan fingerprint density at radius 2 is 1.90 bits per heavy atom. The minimum atomic E-state index is -0.940. The quantitative estimate of drug-likeness (QED) is 0.810. The van der Waals surface area contributed by atoms with Crippen LogP contribution in [0.5, 0.6) is 0 Å². The molecule has 0 aliphatic heterocycles. The number of carboxylic acid groups (broad SMARTS) is 1. The molecule has 0 fully saturated rings. The van der Waals surface area contributed by atoms with Crippen LogP contribution < -0.4 is 5.32 Å². The number of rotatable bonds is 3. The molecule has 0 bridgehead atoms. The Kier molecular flexibility index (Phi) is 4.83. The van der Waals surface area contributed by atoms with Crippen molar-refractivity contribution in [2.75, 3.05) is 5.32 Å². The first kappa shape index (κ1) is 15.1. The van der Waals surface area contributed by atoms with Crippen LogP contribution in [0.2, 0.25) is 5.02 Å². The lowest BCUT2D eigenvalue weighted by molar-refractivity contribution is -0.146. The fourth-order valence-corrected chi connectivity index (χ4v) is 2.97. The molecule has 106 valence electrons. The van der Waals surface area contributed by atoms with Crippen molar-refractivity contribution in [3.05, 3.63) is 39.8 Å². The Morgan fingerprint density at radius 1 is 1.25 bits per heavy atom. The van der Waals surface area contributed by atoms with Gasteiger partial charge in [0.25, 0.3) is 0 Å². The van der Waals surface area contributed by atoms with Gasteiger partial charge in [-0.15, -0.1) is 0 Å². The Labute approximate surface area is 129 Å². The van der Waals surface area contributed by atoms with Gasteiger partial charge in [0.05, 0.1) is 17.5 Å². The highest BCUT2D eigenvalue weighted by molar-refractivity contribution is 9.10. The molecule has 0 saturated carbocycles. The largest absolute Gasteiger partial charge is 0.481 e. The van der Waals surface area contributed by atoms with Crippen LogP contribution in [0.15, 0.2) is 34.8 Å². The monoisotopic (exact) mass is 357 g/mol. The van der Waals surface area contributed by atoms with Gasteiger partial charge in [0, 0.05) is 9.50 Å². The number of amides is 1. The summed E-state index contributed by atoms with van der Waals surface area (Å²) in [4.78, 5) is 23.5. The fourth-order valence-electron chi connectivity index (χ4n) is 2.19. The number of carbonyl (C=O) groups is 2. The molecule has 0 aromatic heterocycles. The van der Waals surface area contributed by atoms with E-state index in [1.165, 1.54) is 0 Å². The van der Waals surface area contributed by atoms with Crippen molar-refractivity contribution >= 4 is 45.1 Å². The first-order valence-electron chi connectivity index (χ1n) is 6.12. The molecule has 4 nitrogen and oxygen atoms in total. The number of nitrogens with one attached hydrogen (secondary N) is 1. The maximum Gasteiger partial charge on any atom is 0.307 e. The van der Waals surface area contributed by atoms with Crippen LogP contribution in [0.4, 0.5) is 5.69 Å². The summed E-state index contributed by atoms with van der Waals surface area (Å²) < 4.78 is 0.663. The third-order valence-corrected chi connectivity index (χ3v) is 4.17. The molecule has 0 saturated heterocycles. The summed E-state index contributed by atoms with van der Waals surface area (Å²) in [6.07, 6.45) is 4.48. The molecule has 2 N–H and O–H groups in total. The zero-order valence-electron chi connectivity index (χ0n) is 10.5. The molecule has 0 unspecified atom stereocenters. The van der Waals surface area contributed by atoms with Gasteiger partial charge < -0.3 is 10.4 Å². The molecule has 0 radical (unpaired) electrons. The minimum absolute atomic E-state index is 0.287. The molecular formula is C14H13BrClNO3. The first-order chi connectivity index (χ1) is 9.49. The zero-order valence-corrected chi connectivity index (χ0v) is 12.8. The van der Waals surface area contributed by atoms with Crippen molar-refractivity contribution in [1.82, 2.24) is 0 Å². The highest BCUT2D eigenvalue weighted by Crippen LogP contribution is 2.30. The smallest absolute Gasteiger partial charge is 0.307 e. The average molecular weight is 359 g/mol. The van der Waals surface area contributed by atoms with Gasteiger partial charge in [-0.1, -0.05) is 23.8 Å². The van der Waals surface area contributed by atoms with Crippen molar-refractivity contribution in [3.63, 3.8) is 0 Å². The number of aliphatic carboxylic acids is 1. The summed E-state index contributed by atoms with van der Waals surface area (Å²) in [5.41, 5.74) is 0.582. The van der Waals surface area contributed by atoms with Crippen molar-refractivity contribution in [2.45, 2.75) is 12.8 Å². The fraction of sp³-hybridized carbons (Fsp3) is 0.286. The predicted octanol–water partition coefficient (Wildman–Crippen LogP) is 3.71. The Hall–Kier alpha value is -1.33. The van der Waals surface area contributed by atoms with Crippen molar-refractivity contribution in [1.29, 1.82) is 0 Å². The van der Waals surface area contributed by atoms with Crippen molar-refractivity contribution in [3.8, 4) is 0 Å². The average Bonchev–Trinajstić information content (AvgIpc) is 2.41. The van der Waals surface area contributed by atoms with E-state index in [4.69, 9.17) is 11.6 Å². The topological polar surface area (TPSA) is 66.4 Å². The molecule has 0 spiro atoms. The Bertz CT molecular complexity index is 574. The summed E-state index contributed by atoms with van der Waals surface area (Å²) in [5, 5.41) is 12.5. The second-order valence-electron chi connectivity index (χ2n) is 4.61. The van der Waals surface area contributed by atoms with E-state index in [-0.39, 0.29) is 5.91 Å². The van der Waals surface area contributed by atoms with Crippen LogP contribution in [0.3, 0.4) is 0 Å².